The first kappa shape index (κ1) is 12.0. The van der Waals surface area contributed by atoms with Crippen molar-refractivity contribution in [2.45, 2.75) is 38.3 Å². The highest BCUT2D eigenvalue weighted by Crippen LogP contribution is 2.36. The number of thiazole rings is 1. The first-order valence-electron chi connectivity index (χ1n) is 6.03. The van der Waals surface area contributed by atoms with Gasteiger partial charge in [0.15, 0.2) is 0 Å². The fourth-order valence-corrected chi connectivity index (χ4v) is 3.43. The fraction of sp³-hybridized carbons (Fsp3) is 0.750. The van der Waals surface area contributed by atoms with Crippen LogP contribution in [-0.2, 0) is 5.54 Å². The van der Waals surface area contributed by atoms with Crippen LogP contribution in [0.25, 0.3) is 0 Å². The minimum absolute atomic E-state index is 0.120. The molecule has 1 fully saturated rings. The van der Waals surface area contributed by atoms with E-state index >= 15 is 0 Å². The van der Waals surface area contributed by atoms with E-state index in [4.69, 9.17) is 0 Å². The van der Waals surface area contributed by atoms with Gasteiger partial charge in [0, 0.05) is 24.2 Å². The first-order valence-corrected chi connectivity index (χ1v) is 6.91. The Morgan fingerprint density at radius 3 is 3.06 bits per heavy atom. The van der Waals surface area contributed by atoms with Crippen molar-refractivity contribution in [3.8, 4) is 0 Å². The lowest BCUT2D eigenvalue weighted by Gasteiger charge is -2.43. The number of hydrogen-bond acceptors (Lipinski definition) is 4. The van der Waals surface area contributed by atoms with E-state index in [0.29, 0.717) is 6.04 Å². The minimum Gasteiger partial charge on any atom is -0.306 e. The highest BCUT2D eigenvalue weighted by molar-refractivity contribution is 7.09. The molecule has 4 heteroatoms. The number of hydrogen-bond donors (Lipinski definition) is 1. The molecule has 1 saturated heterocycles. The minimum atomic E-state index is 0.120. The molecule has 90 valence electrons. The molecule has 0 amide bonds. The van der Waals surface area contributed by atoms with Gasteiger partial charge in [0.25, 0.3) is 0 Å². The molecule has 1 aromatic heterocycles. The summed E-state index contributed by atoms with van der Waals surface area (Å²) in [6, 6.07) is 0.622. The zero-order chi connectivity index (χ0) is 11.6. The number of nitrogens with zero attached hydrogens (tertiary/aromatic N) is 2. The molecule has 3 nitrogen and oxygen atoms in total. The molecule has 2 atom stereocenters. The summed E-state index contributed by atoms with van der Waals surface area (Å²) in [6.07, 6.45) is 4.24. The third-order valence-corrected chi connectivity index (χ3v) is 4.62. The van der Waals surface area contributed by atoms with Crippen LogP contribution in [-0.4, -0.2) is 36.1 Å². The van der Waals surface area contributed by atoms with Crippen LogP contribution in [0.5, 0.6) is 0 Å². The van der Waals surface area contributed by atoms with E-state index in [-0.39, 0.29) is 5.54 Å². The maximum absolute atomic E-state index is 4.53. The second-order valence-corrected chi connectivity index (χ2v) is 5.63. The van der Waals surface area contributed by atoms with E-state index in [1.807, 2.05) is 6.20 Å². The van der Waals surface area contributed by atoms with E-state index in [0.717, 1.165) is 25.9 Å². The predicted molar refractivity (Wildman–Crippen MR) is 68.8 cm³/mol. The number of aromatic nitrogens is 1. The third kappa shape index (κ3) is 2.14. The lowest BCUT2D eigenvalue weighted by atomic mass is 9.84. The van der Waals surface area contributed by atoms with Crippen molar-refractivity contribution in [2.24, 2.45) is 0 Å². The van der Waals surface area contributed by atoms with Gasteiger partial charge in [0.1, 0.15) is 5.01 Å². The topological polar surface area (TPSA) is 28.2 Å². The standard InChI is InChI=1S/C12H21N3S/c1-4-14-12(11-13-6-8-16-11)5-7-15(3)10(2)9-12/h6,8,10,14H,4-5,7,9H2,1-3H3. The molecule has 1 aliphatic heterocycles. The summed E-state index contributed by atoms with van der Waals surface area (Å²) < 4.78 is 0. The molecule has 16 heavy (non-hydrogen) atoms. The van der Waals surface area contributed by atoms with E-state index < -0.39 is 0 Å². The summed E-state index contributed by atoms with van der Waals surface area (Å²) in [6.45, 7) is 6.64. The zero-order valence-corrected chi connectivity index (χ0v) is 11.2. The van der Waals surface area contributed by atoms with Crippen molar-refractivity contribution < 1.29 is 0 Å². The van der Waals surface area contributed by atoms with Crippen LogP contribution in [0.4, 0.5) is 0 Å². The van der Waals surface area contributed by atoms with Crippen LogP contribution in [0, 0.1) is 0 Å². The Hall–Kier alpha value is -0.450. The maximum atomic E-state index is 4.53. The van der Waals surface area contributed by atoms with Gasteiger partial charge in [-0.25, -0.2) is 4.98 Å². The van der Waals surface area contributed by atoms with Gasteiger partial charge in [0.2, 0.25) is 0 Å². The predicted octanol–water partition coefficient (Wildman–Crippen LogP) is 2.06. The van der Waals surface area contributed by atoms with Gasteiger partial charge in [-0.05, 0) is 33.4 Å². The summed E-state index contributed by atoms with van der Waals surface area (Å²) >= 11 is 1.78. The number of nitrogens with one attached hydrogen (secondary N) is 1. The van der Waals surface area contributed by atoms with Crippen molar-refractivity contribution >= 4 is 11.3 Å². The van der Waals surface area contributed by atoms with E-state index in [2.05, 4.69) is 41.5 Å². The van der Waals surface area contributed by atoms with Gasteiger partial charge in [0.05, 0.1) is 5.54 Å². The Labute approximate surface area is 102 Å². The SMILES string of the molecule is CCNC1(c2nccs2)CCN(C)C(C)C1. The quantitative estimate of drug-likeness (QED) is 0.875. The van der Waals surface area contributed by atoms with Crippen LogP contribution in [0.3, 0.4) is 0 Å². The van der Waals surface area contributed by atoms with Crippen LogP contribution in [0.1, 0.15) is 31.7 Å². The Morgan fingerprint density at radius 2 is 2.50 bits per heavy atom. The normalized spacial score (nSPS) is 31.8. The summed E-state index contributed by atoms with van der Waals surface area (Å²) in [5.74, 6) is 0. The smallest absolute Gasteiger partial charge is 0.113 e. The average Bonchev–Trinajstić information content (AvgIpc) is 2.78. The third-order valence-electron chi connectivity index (χ3n) is 3.64. The van der Waals surface area contributed by atoms with Gasteiger partial charge in [-0.3, -0.25) is 0 Å². The molecule has 1 aliphatic rings. The van der Waals surface area contributed by atoms with Gasteiger partial charge in [-0.2, -0.15) is 0 Å². The largest absolute Gasteiger partial charge is 0.306 e. The molecule has 1 aromatic rings. The lowest BCUT2D eigenvalue weighted by molar-refractivity contribution is 0.107. The lowest BCUT2D eigenvalue weighted by Crippen LogP contribution is -2.53. The Balaban J connectivity index is 2.23. The molecule has 0 spiro atoms. The summed E-state index contributed by atoms with van der Waals surface area (Å²) in [4.78, 5) is 6.96. The second kappa shape index (κ2) is 4.82. The highest BCUT2D eigenvalue weighted by atomic mass is 32.1. The molecule has 0 aliphatic carbocycles. The molecule has 0 bridgehead atoms. The number of piperidine rings is 1. The van der Waals surface area contributed by atoms with Crippen molar-refractivity contribution in [1.82, 2.24) is 15.2 Å². The first-order chi connectivity index (χ1) is 7.68. The Kier molecular flexibility index (Phi) is 3.62. The van der Waals surface area contributed by atoms with Crippen molar-refractivity contribution in [1.29, 1.82) is 0 Å². The van der Waals surface area contributed by atoms with E-state index in [9.17, 15) is 0 Å². The molecule has 0 saturated carbocycles. The molecule has 2 heterocycles. The monoisotopic (exact) mass is 239 g/mol. The van der Waals surface area contributed by atoms with Gasteiger partial charge < -0.3 is 10.2 Å². The van der Waals surface area contributed by atoms with Crippen LogP contribution >= 0.6 is 11.3 Å². The highest BCUT2D eigenvalue weighted by Gasteiger charge is 2.39. The van der Waals surface area contributed by atoms with Crippen molar-refractivity contribution in [2.75, 3.05) is 20.1 Å². The van der Waals surface area contributed by atoms with Crippen molar-refractivity contribution in [3.63, 3.8) is 0 Å². The molecule has 0 aromatic carbocycles. The summed E-state index contributed by atoms with van der Waals surface area (Å²) in [5.41, 5.74) is 0.120. The summed E-state index contributed by atoms with van der Waals surface area (Å²) in [7, 11) is 2.21. The number of likely N-dealkylation sites (tertiary alicyclic amines) is 1. The average molecular weight is 239 g/mol. The molecular weight excluding hydrogens is 218 g/mol. The molecule has 2 unspecified atom stereocenters. The molecular formula is C12H21N3S. The molecule has 0 radical (unpaired) electrons. The number of rotatable bonds is 3. The summed E-state index contributed by atoms with van der Waals surface area (Å²) in [5, 5.41) is 7.01. The Morgan fingerprint density at radius 1 is 1.69 bits per heavy atom. The molecule has 1 N–H and O–H groups in total. The van der Waals surface area contributed by atoms with Gasteiger partial charge in [-0.15, -0.1) is 11.3 Å². The van der Waals surface area contributed by atoms with E-state index in [1.165, 1.54) is 5.01 Å². The van der Waals surface area contributed by atoms with Gasteiger partial charge >= 0.3 is 0 Å². The maximum Gasteiger partial charge on any atom is 0.113 e. The fourth-order valence-electron chi connectivity index (χ4n) is 2.58. The van der Waals surface area contributed by atoms with Crippen molar-refractivity contribution in [3.05, 3.63) is 16.6 Å². The molecule has 2 rings (SSSR count). The second-order valence-electron chi connectivity index (χ2n) is 4.73. The van der Waals surface area contributed by atoms with Crippen LogP contribution in [0.2, 0.25) is 0 Å². The van der Waals surface area contributed by atoms with E-state index in [1.54, 1.807) is 11.3 Å². The van der Waals surface area contributed by atoms with Crippen LogP contribution in [0.15, 0.2) is 11.6 Å². The van der Waals surface area contributed by atoms with Gasteiger partial charge in [-0.1, -0.05) is 6.92 Å². The Bertz CT molecular complexity index is 325. The zero-order valence-electron chi connectivity index (χ0n) is 10.4. The van der Waals surface area contributed by atoms with Crippen LogP contribution < -0.4 is 5.32 Å².